The fraction of sp³-hybridized carbons (Fsp3) is 0.185. The molecule has 0 aliphatic carbocycles. The van der Waals surface area contributed by atoms with Crippen LogP contribution in [-0.4, -0.2) is 24.4 Å². The summed E-state index contributed by atoms with van der Waals surface area (Å²) in [6, 6.07) is 24.1. The molecule has 34 heavy (non-hydrogen) atoms. The van der Waals surface area contributed by atoms with Crippen LogP contribution < -0.4 is 14.5 Å². The van der Waals surface area contributed by atoms with E-state index in [4.69, 9.17) is 31.2 Å². The smallest absolute Gasteiger partial charge is 0.207 e. The summed E-state index contributed by atoms with van der Waals surface area (Å²) in [6.07, 6.45) is 0.771. The molecular formula is C27H24ClN3O2S. The third kappa shape index (κ3) is 4.65. The van der Waals surface area contributed by atoms with Crippen molar-refractivity contribution in [2.24, 2.45) is 5.10 Å². The van der Waals surface area contributed by atoms with E-state index < -0.39 is 0 Å². The quantitative estimate of drug-likeness (QED) is 0.275. The largest absolute Gasteiger partial charge is 0.497 e. The van der Waals surface area contributed by atoms with Gasteiger partial charge in [0.2, 0.25) is 5.13 Å². The van der Waals surface area contributed by atoms with E-state index >= 15 is 0 Å². The Bertz CT molecular complexity index is 1280. The van der Waals surface area contributed by atoms with Gasteiger partial charge in [0, 0.05) is 22.4 Å². The Balaban J connectivity index is 1.49. The number of methoxy groups -OCH3 is 1. The highest BCUT2D eigenvalue weighted by atomic mass is 35.5. The lowest BCUT2D eigenvalue weighted by Crippen LogP contribution is -2.18. The molecule has 0 N–H and O–H groups in total. The van der Waals surface area contributed by atoms with Crippen LogP contribution in [0.15, 0.2) is 83.3 Å². The first kappa shape index (κ1) is 22.4. The number of anilines is 1. The van der Waals surface area contributed by atoms with Gasteiger partial charge in [-0.25, -0.2) is 9.99 Å². The van der Waals surface area contributed by atoms with E-state index in [2.05, 4.69) is 17.5 Å². The van der Waals surface area contributed by atoms with Crippen LogP contribution in [0.5, 0.6) is 11.5 Å². The van der Waals surface area contributed by atoms with Crippen molar-refractivity contribution in [1.29, 1.82) is 0 Å². The summed E-state index contributed by atoms with van der Waals surface area (Å²) in [5.74, 6) is 1.69. The molecule has 3 aromatic carbocycles. The third-order valence-corrected chi connectivity index (χ3v) is 6.82. The minimum atomic E-state index is 0.0382. The van der Waals surface area contributed by atoms with E-state index in [-0.39, 0.29) is 6.04 Å². The average Bonchev–Trinajstić information content (AvgIpc) is 3.53. The van der Waals surface area contributed by atoms with Gasteiger partial charge in [0.15, 0.2) is 0 Å². The third-order valence-electron chi connectivity index (χ3n) is 5.74. The van der Waals surface area contributed by atoms with Gasteiger partial charge in [-0.2, -0.15) is 5.10 Å². The molecule has 4 aromatic rings. The minimum Gasteiger partial charge on any atom is -0.497 e. The average molecular weight is 490 g/mol. The van der Waals surface area contributed by atoms with Crippen molar-refractivity contribution in [2.75, 3.05) is 18.7 Å². The molecule has 0 spiro atoms. The Labute approximate surface area is 208 Å². The molecule has 5 nitrogen and oxygen atoms in total. The number of halogens is 1. The first-order valence-corrected chi connectivity index (χ1v) is 12.4. The lowest BCUT2D eigenvalue weighted by atomic mass is 9.98. The van der Waals surface area contributed by atoms with Crippen LogP contribution in [0, 0.1) is 0 Å². The van der Waals surface area contributed by atoms with E-state index in [1.54, 1.807) is 18.4 Å². The Morgan fingerprint density at radius 1 is 0.941 bits per heavy atom. The lowest BCUT2D eigenvalue weighted by Gasteiger charge is -2.21. The molecule has 1 aliphatic heterocycles. The molecule has 5 rings (SSSR count). The Morgan fingerprint density at radius 2 is 1.62 bits per heavy atom. The second-order valence-corrected chi connectivity index (χ2v) is 9.14. The van der Waals surface area contributed by atoms with E-state index in [0.717, 1.165) is 51.1 Å². The summed E-state index contributed by atoms with van der Waals surface area (Å²) in [5, 5.41) is 10.7. The molecule has 1 aromatic heterocycles. The lowest BCUT2D eigenvalue weighted by molar-refractivity contribution is 0.340. The molecule has 0 saturated carbocycles. The van der Waals surface area contributed by atoms with Crippen molar-refractivity contribution in [1.82, 2.24) is 4.98 Å². The molecule has 1 atom stereocenters. The molecule has 0 amide bonds. The molecule has 0 bridgehead atoms. The standard InChI is InChI=1S/C27H24ClN3O2S/c1-3-33-23-14-8-20(9-15-23)26-16-24(18-4-10-21(28)11-5-18)30-31(26)27-29-25(17-34-27)19-6-12-22(32-2)13-7-19/h4-15,17,26H,3,16H2,1-2H3. The number of aromatic nitrogens is 1. The Kier molecular flexibility index (Phi) is 6.52. The zero-order chi connectivity index (χ0) is 23.5. The van der Waals surface area contributed by atoms with Gasteiger partial charge in [-0.05, 0) is 66.6 Å². The number of rotatable bonds is 7. The highest BCUT2D eigenvalue weighted by Crippen LogP contribution is 2.40. The summed E-state index contributed by atoms with van der Waals surface area (Å²) >= 11 is 7.70. The van der Waals surface area contributed by atoms with Gasteiger partial charge in [-0.1, -0.05) is 35.9 Å². The van der Waals surface area contributed by atoms with Crippen molar-refractivity contribution in [3.63, 3.8) is 0 Å². The summed E-state index contributed by atoms with van der Waals surface area (Å²) in [5.41, 5.74) is 5.20. The van der Waals surface area contributed by atoms with Crippen molar-refractivity contribution in [2.45, 2.75) is 19.4 Å². The summed E-state index contributed by atoms with van der Waals surface area (Å²) in [6.45, 7) is 2.63. The number of ether oxygens (including phenoxy) is 2. The van der Waals surface area contributed by atoms with E-state index in [1.807, 2.05) is 72.6 Å². The van der Waals surface area contributed by atoms with Crippen LogP contribution >= 0.6 is 22.9 Å². The number of hydrazone groups is 1. The fourth-order valence-electron chi connectivity index (χ4n) is 3.98. The predicted octanol–water partition coefficient (Wildman–Crippen LogP) is 7.23. The molecule has 7 heteroatoms. The first-order chi connectivity index (χ1) is 16.6. The predicted molar refractivity (Wildman–Crippen MR) is 140 cm³/mol. The number of hydrogen-bond donors (Lipinski definition) is 0. The number of thiazole rings is 1. The summed E-state index contributed by atoms with van der Waals surface area (Å²) in [7, 11) is 1.67. The van der Waals surface area contributed by atoms with Gasteiger partial charge in [-0.15, -0.1) is 11.3 Å². The number of nitrogens with zero attached hydrogens (tertiary/aromatic N) is 3. The normalized spacial score (nSPS) is 15.3. The van der Waals surface area contributed by atoms with Crippen molar-refractivity contribution < 1.29 is 9.47 Å². The maximum absolute atomic E-state index is 6.11. The Hall–Kier alpha value is -3.35. The first-order valence-electron chi connectivity index (χ1n) is 11.1. The second kappa shape index (κ2) is 9.87. The van der Waals surface area contributed by atoms with Gasteiger partial charge >= 0.3 is 0 Å². The van der Waals surface area contributed by atoms with E-state index in [0.29, 0.717) is 11.6 Å². The highest BCUT2D eigenvalue weighted by molar-refractivity contribution is 7.14. The molecule has 0 fully saturated rings. The van der Waals surface area contributed by atoms with Crippen LogP contribution in [0.25, 0.3) is 11.3 Å². The fourth-order valence-corrected chi connectivity index (χ4v) is 4.94. The van der Waals surface area contributed by atoms with Crippen LogP contribution in [0.4, 0.5) is 5.13 Å². The van der Waals surface area contributed by atoms with Crippen LogP contribution in [0.1, 0.15) is 30.5 Å². The Morgan fingerprint density at radius 3 is 2.29 bits per heavy atom. The monoisotopic (exact) mass is 489 g/mol. The van der Waals surface area contributed by atoms with Crippen LogP contribution in [0.2, 0.25) is 5.02 Å². The zero-order valence-electron chi connectivity index (χ0n) is 18.9. The van der Waals surface area contributed by atoms with Crippen molar-refractivity contribution in [3.8, 4) is 22.8 Å². The second-order valence-electron chi connectivity index (χ2n) is 7.86. The highest BCUT2D eigenvalue weighted by Gasteiger charge is 2.31. The topological polar surface area (TPSA) is 47.0 Å². The molecule has 2 heterocycles. The maximum Gasteiger partial charge on any atom is 0.207 e. The van der Waals surface area contributed by atoms with Crippen molar-refractivity contribution in [3.05, 3.63) is 94.3 Å². The van der Waals surface area contributed by atoms with Gasteiger partial charge in [0.25, 0.3) is 0 Å². The maximum atomic E-state index is 6.11. The van der Waals surface area contributed by atoms with Gasteiger partial charge in [0.05, 0.1) is 31.2 Å². The van der Waals surface area contributed by atoms with Crippen molar-refractivity contribution >= 4 is 33.8 Å². The van der Waals surface area contributed by atoms with E-state index in [9.17, 15) is 0 Å². The number of benzene rings is 3. The molecule has 1 aliphatic rings. The van der Waals surface area contributed by atoms with Crippen LogP contribution in [0.3, 0.4) is 0 Å². The summed E-state index contributed by atoms with van der Waals surface area (Å²) < 4.78 is 10.9. The SMILES string of the molecule is CCOc1ccc(C2CC(c3ccc(Cl)cc3)=NN2c2nc(-c3ccc(OC)cc3)cs2)cc1. The molecule has 0 radical (unpaired) electrons. The number of hydrogen-bond acceptors (Lipinski definition) is 6. The molecule has 1 unspecified atom stereocenters. The molecule has 172 valence electrons. The summed E-state index contributed by atoms with van der Waals surface area (Å²) in [4.78, 5) is 4.93. The molecule has 0 saturated heterocycles. The van der Waals surface area contributed by atoms with E-state index in [1.165, 1.54) is 0 Å². The van der Waals surface area contributed by atoms with Gasteiger partial charge in [0.1, 0.15) is 11.5 Å². The van der Waals surface area contributed by atoms with Crippen LogP contribution in [-0.2, 0) is 0 Å². The molecular weight excluding hydrogens is 466 g/mol. The van der Waals surface area contributed by atoms with Gasteiger partial charge < -0.3 is 9.47 Å². The minimum absolute atomic E-state index is 0.0382. The van der Waals surface area contributed by atoms with Gasteiger partial charge in [-0.3, -0.25) is 0 Å². The zero-order valence-corrected chi connectivity index (χ0v) is 20.5.